The number of nitrogens with zero attached hydrogens (tertiary/aromatic N) is 4. The number of benzene rings is 1. The SMILES string of the molecule is CCNC(=NCc1ccc(Oc2ccc(F)cc2)nc1)NCCCn1nc(C)cc1C.I. The first-order valence-electron chi connectivity index (χ1n) is 10.4. The summed E-state index contributed by atoms with van der Waals surface area (Å²) >= 11 is 0. The van der Waals surface area contributed by atoms with Crippen molar-refractivity contribution < 1.29 is 9.13 Å². The number of ether oxygens (including phenoxy) is 1. The quantitative estimate of drug-likeness (QED) is 0.176. The minimum atomic E-state index is -0.301. The van der Waals surface area contributed by atoms with Gasteiger partial charge in [0.05, 0.1) is 12.2 Å². The minimum absolute atomic E-state index is 0. The molecule has 0 fully saturated rings. The second kappa shape index (κ2) is 13.0. The maximum absolute atomic E-state index is 13.0. The molecule has 0 saturated carbocycles. The molecular weight excluding hydrogens is 522 g/mol. The molecule has 32 heavy (non-hydrogen) atoms. The summed E-state index contributed by atoms with van der Waals surface area (Å²) < 4.78 is 20.6. The number of aliphatic imine (C=N–C) groups is 1. The third kappa shape index (κ3) is 8.10. The van der Waals surface area contributed by atoms with E-state index in [0.29, 0.717) is 18.2 Å². The Bertz CT molecular complexity index is 989. The Hall–Kier alpha value is -2.69. The zero-order chi connectivity index (χ0) is 22.1. The van der Waals surface area contributed by atoms with Gasteiger partial charge in [-0.3, -0.25) is 4.68 Å². The molecule has 2 aromatic heterocycles. The molecule has 2 heterocycles. The largest absolute Gasteiger partial charge is 0.439 e. The van der Waals surface area contributed by atoms with Crippen LogP contribution < -0.4 is 15.4 Å². The van der Waals surface area contributed by atoms with Gasteiger partial charge >= 0.3 is 0 Å². The molecule has 0 aliphatic carbocycles. The van der Waals surface area contributed by atoms with Gasteiger partial charge in [0, 0.05) is 37.6 Å². The highest BCUT2D eigenvalue weighted by atomic mass is 127. The lowest BCUT2D eigenvalue weighted by atomic mass is 10.3. The molecule has 0 atom stereocenters. The summed E-state index contributed by atoms with van der Waals surface area (Å²) in [7, 11) is 0. The maximum Gasteiger partial charge on any atom is 0.219 e. The van der Waals surface area contributed by atoms with Crippen molar-refractivity contribution in [3.63, 3.8) is 0 Å². The Balaban J connectivity index is 0.00000363. The van der Waals surface area contributed by atoms with Crippen molar-refractivity contribution in [1.29, 1.82) is 0 Å². The topological polar surface area (TPSA) is 76.4 Å². The third-order valence-corrected chi connectivity index (χ3v) is 4.54. The van der Waals surface area contributed by atoms with E-state index in [-0.39, 0.29) is 29.8 Å². The summed E-state index contributed by atoms with van der Waals surface area (Å²) in [6.07, 6.45) is 2.68. The number of halogens is 2. The molecule has 3 rings (SSSR count). The molecule has 0 unspecified atom stereocenters. The van der Waals surface area contributed by atoms with E-state index in [4.69, 9.17) is 4.74 Å². The second-order valence-corrected chi connectivity index (χ2v) is 7.19. The van der Waals surface area contributed by atoms with E-state index in [1.165, 1.54) is 17.8 Å². The molecule has 9 heteroatoms. The smallest absolute Gasteiger partial charge is 0.219 e. The summed E-state index contributed by atoms with van der Waals surface area (Å²) in [5.74, 6) is 1.46. The number of guanidine groups is 1. The molecule has 0 aliphatic rings. The number of nitrogens with one attached hydrogen (secondary N) is 2. The fourth-order valence-electron chi connectivity index (χ4n) is 3.04. The zero-order valence-electron chi connectivity index (χ0n) is 18.6. The van der Waals surface area contributed by atoms with Gasteiger partial charge in [-0.15, -0.1) is 24.0 Å². The summed E-state index contributed by atoms with van der Waals surface area (Å²) in [5, 5.41) is 11.1. The highest BCUT2D eigenvalue weighted by Crippen LogP contribution is 2.19. The van der Waals surface area contributed by atoms with Crippen molar-refractivity contribution in [3.8, 4) is 11.6 Å². The first kappa shape index (κ1) is 25.6. The van der Waals surface area contributed by atoms with Crippen molar-refractivity contribution in [1.82, 2.24) is 25.4 Å². The van der Waals surface area contributed by atoms with Crippen molar-refractivity contribution in [2.24, 2.45) is 4.99 Å². The Labute approximate surface area is 205 Å². The predicted octanol–water partition coefficient (Wildman–Crippen LogP) is 4.59. The lowest BCUT2D eigenvalue weighted by molar-refractivity contribution is 0.461. The predicted molar refractivity (Wildman–Crippen MR) is 135 cm³/mol. The summed E-state index contributed by atoms with van der Waals surface area (Å²) in [6, 6.07) is 11.6. The van der Waals surface area contributed by atoms with Crippen LogP contribution in [0.3, 0.4) is 0 Å². The van der Waals surface area contributed by atoms with Gasteiger partial charge < -0.3 is 15.4 Å². The molecule has 1 aromatic carbocycles. The number of aryl methyl sites for hydroxylation is 3. The van der Waals surface area contributed by atoms with E-state index >= 15 is 0 Å². The summed E-state index contributed by atoms with van der Waals surface area (Å²) in [5.41, 5.74) is 3.19. The molecule has 2 N–H and O–H groups in total. The lowest BCUT2D eigenvalue weighted by Crippen LogP contribution is -2.38. The van der Waals surface area contributed by atoms with Crippen LogP contribution in [0.2, 0.25) is 0 Å². The van der Waals surface area contributed by atoms with Crippen LogP contribution in [-0.4, -0.2) is 33.8 Å². The fourth-order valence-corrected chi connectivity index (χ4v) is 3.04. The van der Waals surface area contributed by atoms with Gasteiger partial charge in [-0.05, 0) is 63.1 Å². The Morgan fingerprint density at radius 1 is 1.12 bits per heavy atom. The van der Waals surface area contributed by atoms with Gasteiger partial charge in [-0.25, -0.2) is 14.4 Å². The van der Waals surface area contributed by atoms with Crippen LogP contribution in [0.4, 0.5) is 4.39 Å². The Morgan fingerprint density at radius 2 is 1.91 bits per heavy atom. The monoisotopic (exact) mass is 552 g/mol. The number of pyridine rings is 1. The molecule has 0 bridgehead atoms. The average molecular weight is 552 g/mol. The van der Waals surface area contributed by atoms with Crippen LogP contribution in [0.1, 0.15) is 30.3 Å². The molecule has 0 saturated heterocycles. The summed E-state index contributed by atoms with van der Waals surface area (Å²) in [6.45, 7) is 9.06. The van der Waals surface area contributed by atoms with Crippen molar-refractivity contribution in [3.05, 3.63) is 71.4 Å². The van der Waals surface area contributed by atoms with E-state index in [1.54, 1.807) is 24.4 Å². The van der Waals surface area contributed by atoms with Gasteiger partial charge in [-0.1, -0.05) is 6.07 Å². The van der Waals surface area contributed by atoms with Crippen LogP contribution in [0.25, 0.3) is 0 Å². The molecule has 0 amide bonds. The molecule has 172 valence electrons. The highest BCUT2D eigenvalue weighted by Gasteiger charge is 2.03. The summed E-state index contributed by atoms with van der Waals surface area (Å²) in [4.78, 5) is 8.93. The lowest BCUT2D eigenvalue weighted by Gasteiger charge is -2.12. The molecular formula is C23H30FIN6O. The normalized spacial score (nSPS) is 11.1. The van der Waals surface area contributed by atoms with Crippen LogP contribution in [0.5, 0.6) is 11.6 Å². The average Bonchev–Trinajstić information content (AvgIpc) is 3.09. The molecule has 0 radical (unpaired) electrons. The van der Waals surface area contributed by atoms with E-state index in [0.717, 1.165) is 43.3 Å². The minimum Gasteiger partial charge on any atom is -0.439 e. The van der Waals surface area contributed by atoms with Gasteiger partial charge in [0.2, 0.25) is 5.88 Å². The molecule has 7 nitrogen and oxygen atoms in total. The molecule has 0 spiro atoms. The molecule has 3 aromatic rings. The van der Waals surface area contributed by atoms with Gasteiger partial charge in [0.25, 0.3) is 0 Å². The number of hydrogen-bond acceptors (Lipinski definition) is 4. The molecule has 0 aliphatic heterocycles. The number of hydrogen-bond donors (Lipinski definition) is 2. The van der Waals surface area contributed by atoms with E-state index in [2.05, 4.69) is 38.7 Å². The zero-order valence-corrected chi connectivity index (χ0v) is 21.0. The van der Waals surface area contributed by atoms with Crippen molar-refractivity contribution in [2.45, 2.75) is 40.3 Å². The van der Waals surface area contributed by atoms with E-state index in [9.17, 15) is 4.39 Å². The van der Waals surface area contributed by atoms with Gasteiger partial charge in [0.1, 0.15) is 11.6 Å². The standard InChI is InChI=1S/C23H29FN6O.HI/c1-4-25-23(26-12-5-13-30-18(3)14-17(2)29-30)28-16-19-6-11-22(27-15-19)31-21-9-7-20(24)8-10-21;/h6-11,14-15H,4-5,12-13,16H2,1-3H3,(H2,25,26,28);1H. The number of aromatic nitrogens is 3. The maximum atomic E-state index is 13.0. The number of rotatable bonds is 9. The van der Waals surface area contributed by atoms with Crippen LogP contribution in [0, 0.1) is 19.7 Å². The fraction of sp³-hybridized carbons (Fsp3) is 0.348. The second-order valence-electron chi connectivity index (χ2n) is 7.19. The van der Waals surface area contributed by atoms with E-state index < -0.39 is 0 Å². The first-order valence-corrected chi connectivity index (χ1v) is 10.4. The Kier molecular flexibility index (Phi) is 10.4. The van der Waals surface area contributed by atoms with Crippen molar-refractivity contribution in [2.75, 3.05) is 13.1 Å². The van der Waals surface area contributed by atoms with Crippen LogP contribution in [0.15, 0.2) is 53.7 Å². The van der Waals surface area contributed by atoms with Crippen LogP contribution >= 0.6 is 24.0 Å². The van der Waals surface area contributed by atoms with E-state index in [1.807, 2.05) is 24.6 Å². The third-order valence-electron chi connectivity index (χ3n) is 4.54. The Morgan fingerprint density at radius 3 is 2.53 bits per heavy atom. The van der Waals surface area contributed by atoms with Gasteiger partial charge in [-0.2, -0.15) is 5.10 Å². The van der Waals surface area contributed by atoms with Crippen LogP contribution in [-0.2, 0) is 13.1 Å². The highest BCUT2D eigenvalue weighted by molar-refractivity contribution is 14.0. The first-order chi connectivity index (χ1) is 15.0. The van der Waals surface area contributed by atoms with Crippen molar-refractivity contribution >= 4 is 29.9 Å². The van der Waals surface area contributed by atoms with Gasteiger partial charge in [0.15, 0.2) is 5.96 Å².